The van der Waals surface area contributed by atoms with Gasteiger partial charge in [0, 0.05) is 25.6 Å². The van der Waals surface area contributed by atoms with Gasteiger partial charge in [0.05, 0.1) is 10.0 Å². The average Bonchev–Trinajstić information content (AvgIpc) is 3.26. The van der Waals surface area contributed by atoms with Crippen molar-refractivity contribution in [2.75, 3.05) is 13.6 Å². The highest BCUT2D eigenvalue weighted by molar-refractivity contribution is 6.42. The first-order valence-electron chi connectivity index (χ1n) is 7.77. The van der Waals surface area contributed by atoms with Gasteiger partial charge in [0.15, 0.2) is 0 Å². The SMILES string of the molecule is CC(C)C(N)CCN(C)C(=O)C1CC1c1cccc(Cl)c1Cl.Cl. The third kappa shape index (κ3) is 4.99. The van der Waals surface area contributed by atoms with Gasteiger partial charge in [0.2, 0.25) is 5.91 Å². The van der Waals surface area contributed by atoms with E-state index < -0.39 is 0 Å². The zero-order valence-electron chi connectivity index (χ0n) is 13.8. The molecule has 130 valence electrons. The molecule has 0 saturated heterocycles. The summed E-state index contributed by atoms with van der Waals surface area (Å²) in [6.07, 6.45) is 1.68. The molecule has 0 spiro atoms. The molecule has 3 unspecified atom stereocenters. The fraction of sp³-hybridized carbons (Fsp3) is 0.588. The van der Waals surface area contributed by atoms with Gasteiger partial charge in [-0.15, -0.1) is 12.4 Å². The third-order valence-electron chi connectivity index (χ3n) is 4.52. The maximum Gasteiger partial charge on any atom is 0.226 e. The van der Waals surface area contributed by atoms with Crippen molar-refractivity contribution in [1.82, 2.24) is 4.90 Å². The van der Waals surface area contributed by atoms with E-state index in [2.05, 4.69) is 13.8 Å². The van der Waals surface area contributed by atoms with E-state index in [1.165, 1.54) is 0 Å². The van der Waals surface area contributed by atoms with Gasteiger partial charge in [-0.2, -0.15) is 0 Å². The first-order chi connectivity index (χ1) is 10.3. The number of halogens is 3. The normalized spacial score (nSPS) is 20.8. The molecule has 0 aromatic heterocycles. The summed E-state index contributed by atoms with van der Waals surface area (Å²) in [6, 6.07) is 5.74. The summed E-state index contributed by atoms with van der Waals surface area (Å²) in [5.74, 6) is 0.829. The summed E-state index contributed by atoms with van der Waals surface area (Å²) in [6.45, 7) is 4.90. The van der Waals surface area contributed by atoms with E-state index in [1.807, 2.05) is 19.2 Å². The first kappa shape index (κ1) is 20.6. The van der Waals surface area contributed by atoms with Crippen molar-refractivity contribution in [3.63, 3.8) is 0 Å². The van der Waals surface area contributed by atoms with Crippen LogP contribution in [0.1, 0.15) is 38.2 Å². The van der Waals surface area contributed by atoms with Gasteiger partial charge in [0.25, 0.3) is 0 Å². The van der Waals surface area contributed by atoms with Crippen LogP contribution in [0.2, 0.25) is 10.0 Å². The van der Waals surface area contributed by atoms with Crippen LogP contribution in [0.3, 0.4) is 0 Å². The van der Waals surface area contributed by atoms with Gasteiger partial charge >= 0.3 is 0 Å². The van der Waals surface area contributed by atoms with Crippen LogP contribution in [-0.4, -0.2) is 30.4 Å². The summed E-state index contributed by atoms with van der Waals surface area (Å²) in [5.41, 5.74) is 7.03. The Bertz CT molecular complexity index is 551. The maximum atomic E-state index is 12.5. The molecule has 1 fully saturated rings. The van der Waals surface area contributed by atoms with Crippen LogP contribution in [-0.2, 0) is 4.79 Å². The lowest BCUT2D eigenvalue weighted by molar-refractivity contribution is -0.131. The van der Waals surface area contributed by atoms with Crippen molar-refractivity contribution in [2.24, 2.45) is 17.6 Å². The monoisotopic (exact) mass is 378 g/mol. The molecular formula is C17H25Cl3N2O. The Hall–Kier alpha value is -0.480. The zero-order chi connectivity index (χ0) is 16.4. The van der Waals surface area contributed by atoms with E-state index in [-0.39, 0.29) is 36.2 Å². The highest BCUT2D eigenvalue weighted by atomic mass is 35.5. The molecule has 0 radical (unpaired) electrons. The molecule has 1 aromatic carbocycles. The highest BCUT2D eigenvalue weighted by Crippen LogP contribution is 2.51. The second-order valence-corrected chi connectivity index (χ2v) is 7.33. The number of nitrogens with zero attached hydrogens (tertiary/aromatic N) is 1. The van der Waals surface area contributed by atoms with Crippen molar-refractivity contribution in [1.29, 1.82) is 0 Å². The van der Waals surface area contributed by atoms with Crippen molar-refractivity contribution in [3.05, 3.63) is 33.8 Å². The number of carbonyl (C=O) groups excluding carboxylic acids is 1. The molecule has 1 aliphatic rings. The lowest BCUT2D eigenvalue weighted by Crippen LogP contribution is -2.35. The smallest absolute Gasteiger partial charge is 0.226 e. The zero-order valence-corrected chi connectivity index (χ0v) is 16.1. The number of amides is 1. The first-order valence-corrected chi connectivity index (χ1v) is 8.53. The standard InChI is InChI=1S/C17H24Cl2N2O.ClH/c1-10(2)15(20)7-8-21(3)17(22)13-9-12(13)11-5-4-6-14(18)16(11)19;/h4-6,10,12-13,15H,7-9,20H2,1-3H3;1H. The van der Waals surface area contributed by atoms with E-state index in [1.54, 1.807) is 11.0 Å². The Morgan fingerprint density at radius 2 is 2.04 bits per heavy atom. The molecule has 0 aliphatic heterocycles. The van der Waals surface area contributed by atoms with Crippen LogP contribution < -0.4 is 5.73 Å². The van der Waals surface area contributed by atoms with Crippen molar-refractivity contribution in [3.8, 4) is 0 Å². The summed E-state index contributed by atoms with van der Waals surface area (Å²) in [5, 5.41) is 1.13. The molecule has 1 aliphatic carbocycles. The molecule has 1 aromatic rings. The second kappa shape index (κ2) is 8.57. The number of hydrogen-bond donors (Lipinski definition) is 1. The number of hydrogen-bond acceptors (Lipinski definition) is 2. The summed E-state index contributed by atoms with van der Waals surface area (Å²) < 4.78 is 0. The molecule has 23 heavy (non-hydrogen) atoms. The van der Waals surface area contributed by atoms with Crippen molar-refractivity contribution >= 4 is 41.5 Å². The largest absolute Gasteiger partial charge is 0.345 e. The Balaban J connectivity index is 0.00000264. The van der Waals surface area contributed by atoms with E-state index in [0.29, 0.717) is 22.5 Å². The van der Waals surface area contributed by atoms with Crippen molar-refractivity contribution < 1.29 is 4.79 Å². The summed E-state index contributed by atoms with van der Waals surface area (Å²) in [4.78, 5) is 14.3. The Labute approximate surface area is 154 Å². The minimum absolute atomic E-state index is 0. The molecule has 3 nitrogen and oxygen atoms in total. The van der Waals surface area contributed by atoms with Gasteiger partial charge in [-0.1, -0.05) is 49.2 Å². The predicted molar refractivity (Wildman–Crippen MR) is 99.6 cm³/mol. The predicted octanol–water partition coefficient (Wildman–Crippen LogP) is 4.35. The highest BCUT2D eigenvalue weighted by Gasteiger charge is 2.46. The van der Waals surface area contributed by atoms with Crippen LogP contribution in [0.25, 0.3) is 0 Å². The quantitative estimate of drug-likeness (QED) is 0.798. The van der Waals surface area contributed by atoms with Crippen LogP contribution in [0.4, 0.5) is 0 Å². The van der Waals surface area contributed by atoms with Gasteiger partial charge in [0.1, 0.15) is 0 Å². The molecule has 1 amide bonds. The van der Waals surface area contributed by atoms with Gasteiger partial charge < -0.3 is 10.6 Å². The fourth-order valence-corrected chi connectivity index (χ4v) is 3.14. The van der Waals surface area contributed by atoms with E-state index in [4.69, 9.17) is 28.9 Å². The lowest BCUT2D eigenvalue weighted by atomic mass is 10.0. The molecule has 0 bridgehead atoms. The Kier molecular flexibility index (Phi) is 7.66. The van der Waals surface area contributed by atoms with Crippen LogP contribution >= 0.6 is 35.6 Å². The molecule has 6 heteroatoms. The third-order valence-corrected chi connectivity index (χ3v) is 5.35. The molecule has 1 saturated carbocycles. The maximum absolute atomic E-state index is 12.5. The van der Waals surface area contributed by atoms with Crippen LogP contribution in [0.15, 0.2) is 18.2 Å². The molecule has 2 rings (SSSR count). The fourth-order valence-electron chi connectivity index (χ4n) is 2.69. The molecule has 3 atom stereocenters. The minimum Gasteiger partial charge on any atom is -0.345 e. The van der Waals surface area contributed by atoms with Crippen LogP contribution in [0, 0.1) is 11.8 Å². The van der Waals surface area contributed by atoms with Gasteiger partial charge in [-0.3, -0.25) is 4.79 Å². The molecule has 2 N–H and O–H groups in total. The van der Waals surface area contributed by atoms with Gasteiger partial charge in [-0.25, -0.2) is 0 Å². The Morgan fingerprint density at radius 1 is 1.39 bits per heavy atom. The van der Waals surface area contributed by atoms with Crippen molar-refractivity contribution in [2.45, 2.75) is 38.6 Å². The number of carbonyl (C=O) groups is 1. The van der Waals surface area contributed by atoms with Gasteiger partial charge in [-0.05, 0) is 36.3 Å². The summed E-state index contributed by atoms with van der Waals surface area (Å²) in [7, 11) is 1.85. The lowest BCUT2D eigenvalue weighted by Gasteiger charge is -2.21. The molecule has 0 heterocycles. The van der Waals surface area contributed by atoms with Crippen LogP contribution in [0.5, 0.6) is 0 Å². The van der Waals surface area contributed by atoms with E-state index in [0.717, 1.165) is 18.4 Å². The summed E-state index contributed by atoms with van der Waals surface area (Å²) >= 11 is 12.3. The number of nitrogens with two attached hydrogens (primary N) is 1. The second-order valence-electron chi connectivity index (χ2n) is 6.55. The topological polar surface area (TPSA) is 46.3 Å². The van der Waals surface area contributed by atoms with E-state index >= 15 is 0 Å². The average molecular weight is 380 g/mol. The van der Waals surface area contributed by atoms with E-state index in [9.17, 15) is 4.79 Å². The number of rotatable bonds is 6. The Morgan fingerprint density at radius 3 is 2.65 bits per heavy atom. The minimum atomic E-state index is 0. The molecular weight excluding hydrogens is 355 g/mol. The number of benzene rings is 1.